The molecule has 0 radical (unpaired) electrons. The maximum atomic E-state index is 11.9. The van der Waals surface area contributed by atoms with E-state index in [1.165, 1.54) is 7.11 Å². The summed E-state index contributed by atoms with van der Waals surface area (Å²) in [6.07, 6.45) is 3.49. The van der Waals surface area contributed by atoms with Crippen LogP contribution in [0.5, 0.6) is 5.88 Å². The highest BCUT2D eigenvalue weighted by Gasteiger charge is 2.20. The Kier molecular flexibility index (Phi) is 5.20. The lowest BCUT2D eigenvalue weighted by Crippen LogP contribution is -2.03. The third-order valence-corrected chi connectivity index (χ3v) is 5.36. The van der Waals surface area contributed by atoms with Gasteiger partial charge >= 0.3 is 5.97 Å². The Hall–Kier alpha value is -4.65. The van der Waals surface area contributed by atoms with Crippen molar-refractivity contribution in [2.45, 2.75) is 0 Å². The smallest absolute Gasteiger partial charge is 0.337 e. The number of benzene rings is 3. The molecule has 3 N–H and O–H groups in total. The number of methoxy groups -OCH3 is 1. The summed E-state index contributed by atoms with van der Waals surface area (Å²) in [4.78, 5) is 27.2. The van der Waals surface area contributed by atoms with Crippen molar-refractivity contribution in [2.75, 3.05) is 7.11 Å². The first-order chi connectivity index (χ1) is 16.1. The van der Waals surface area contributed by atoms with E-state index < -0.39 is 5.97 Å². The molecule has 0 aliphatic carbocycles. The lowest BCUT2D eigenvalue weighted by molar-refractivity contribution is 0.0601. The predicted octanol–water partition coefficient (Wildman–Crippen LogP) is 5.22. The quantitative estimate of drug-likeness (QED) is 0.260. The van der Waals surface area contributed by atoms with Gasteiger partial charge in [0.25, 0.3) is 0 Å². The van der Waals surface area contributed by atoms with Crippen molar-refractivity contribution in [3.8, 4) is 17.3 Å². The molecule has 0 fully saturated rings. The van der Waals surface area contributed by atoms with E-state index in [9.17, 15) is 9.90 Å². The van der Waals surface area contributed by atoms with Gasteiger partial charge in [0, 0.05) is 34.4 Å². The Morgan fingerprint density at radius 2 is 1.79 bits per heavy atom. The first-order valence-electron chi connectivity index (χ1n) is 10.3. The maximum Gasteiger partial charge on any atom is 0.337 e. The van der Waals surface area contributed by atoms with E-state index >= 15 is 0 Å². The summed E-state index contributed by atoms with van der Waals surface area (Å²) in [6, 6.07) is 22.5. The van der Waals surface area contributed by atoms with Crippen molar-refractivity contribution in [3.63, 3.8) is 0 Å². The molecule has 2 heterocycles. The van der Waals surface area contributed by atoms with Crippen molar-refractivity contribution in [1.82, 2.24) is 15.0 Å². The van der Waals surface area contributed by atoms with E-state index in [0.717, 1.165) is 28.0 Å². The Labute approximate surface area is 189 Å². The Morgan fingerprint density at radius 3 is 2.48 bits per heavy atom. The summed E-state index contributed by atoms with van der Waals surface area (Å²) in [5.41, 5.74) is 4.70. The fourth-order valence-electron chi connectivity index (χ4n) is 3.77. The number of fused-ring (bicyclic) bond motifs is 1. The number of esters is 1. The molecule has 0 spiro atoms. The first-order valence-corrected chi connectivity index (χ1v) is 10.3. The number of imidazole rings is 1. The number of aromatic nitrogens is 3. The number of rotatable bonds is 5. The summed E-state index contributed by atoms with van der Waals surface area (Å²) in [5.74, 6) is 0.312. The van der Waals surface area contributed by atoms with Gasteiger partial charge in [-0.05, 0) is 36.4 Å². The summed E-state index contributed by atoms with van der Waals surface area (Å²) in [6.45, 7) is 0. The molecule has 0 atom stereocenters. The van der Waals surface area contributed by atoms with Gasteiger partial charge in [0.1, 0.15) is 5.82 Å². The average Bonchev–Trinajstić information content (AvgIpc) is 3.50. The lowest BCUT2D eigenvalue weighted by Gasteiger charge is -2.08. The second kappa shape index (κ2) is 8.47. The van der Waals surface area contributed by atoms with Crippen molar-refractivity contribution < 1.29 is 14.6 Å². The molecule has 0 saturated carbocycles. The second-order valence-corrected chi connectivity index (χ2v) is 7.41. The van der Waals surface area contributed by atoms with Crippen molar-refractivity contribution in [3.05, 3.63) is 102 Å². The van der Waals surface area contributed by atoms with Crippen molar-refractivity contribution in [2.24, 2.45) is 4.99 Å². The SMILES string of the molecule is COC(=O)c1ccc2c(C(=Nc3ccc(-c4ncc[nH]4)cc3)c3ccccc3)c(O)[nH]c2c1. The third-order valence-electron chi connectivity index (χ3n) is 5.36. The summed E-state index contributed by atoms with van der Waals surface area (Å²) in [7, 11) is 1.33. The van der Waals surface area contributed by atoms with Crippen LogP contribution in [-0.4, -0.2) is 38.8 Å². The minimum absolute atomic E-state index is 0.0261. The standard InChI is InChI=1S/C26H20N4O3/c1-33-26(32)18-9-12-20-21(15-18)30-25(31)22(20)23(16-5-3-2-4-6-16)29-19-10-7-17(8-11-19)24-27-13-14-28-24/h2-15,30-31H,1H3,(H,27,28). The highest BCUT2D eigenvalue weighted by atomic mass is 16.5. The number of aromatic hydroxyl groups is 1. The number of ether oxygens (including phenoxy) is 1. The van der Waals surface area contributed by atoms with E-state index in [2.05, 4.69) is 15.0 Å². The zero-order chi connectivity index (χ0) is 22.8. The molecule has 33 heavy (non-hydrogen) atoms. The van der Waals surface area contributed by atoms with E-state index in [1.54, 1.807) is 30.6 Å². The number of aromatic amines is 2. The van der Waals surface area contributed by atoms with Crippen LogP contribution in [0.4, 0.5) is 5.69 Å². The molecule has 7 heteroatoms. The van der Waals surface area contributed by atoms with E-state index in [-0.39, 0.29) is 5.88 Å². The van der Waals surface area contributed by atoms with Gasteiger partial charge in [-0.1, -0.05) is 36.4 Å². The molecular weight excluding hydrogens is 416 g/mol. The molecule has 5 aromatic rings. The largest absolute Gasteiger partial charge is 0.494 e. The number of nitrogens with zero attached hydrogens (tertiary/aromatic N) is 2. The van der Waals surface area contributed by atoms with Crippen LogP contribution in [0.25, 0.3) is 22.3 Å². The molecule has 0 bridgehead atoms. The highest BCUT2D eigenvalue weighted by molar-refractivity contribution is 6.22. The predicted molar refractivity (Wildman–Crippen MR) is 127 cm³/mol. The number of hydrogen-bond donors (Lipinski definition) is 3. The Morgan fingerprint density at radius 1 is 1.00 bits per heavy atom. The molecule has 0 amide bonds. The summed E-state index contributed by atoms with van der Waals surface area (Å²) >= 11 is 0. The molecule has 5 rings (SSSR count). The highest BCUT2D eigenvalue weighted by Crippen LogP contribution is 2.32. The monoisotopic (exact) mass is 436 g/mol. The van der Waals surface area contributed by atoms with Crippen LogP contribution in [0.15, 0.2) is 90.2 Å². The molecule has 3 aromatic carbocycles. The van der Waals surface area contributed by atoms with Gasteiger partial charge in [-0.25, -0.2) is 14.8 Å². The molecule has 0 aliphatic rings. The van der Waals surface area contributed by atoms with Crippen LogP contribution in [-0.2, 0) is 4.74 Å². The molecule has 7 nitrogen and oxygen atoms in total. The number of aliphatic imine (C=N–C) groups is 1. The van der Waals surface area contributed by atoms with Crippen LogP contribution >= 0.6 is 0 Å². The van der Waals surface area contributed by atoms with Gasteiger partial charge in [0.05, 0.1) is 29.6 Å². The topological polar surface area (TPSA) is 103 Å². The number of nitrogens with one attached hydrogen (secondary N) is 2. The maximum absolute atomic E-state index is 11.9. The van der Waals surface area contributed by atoms with Crippen LogP contribution in [0, 0.1) is 0 Å². The van der Waals surface area contributed by atoms with Gasteiger partial charge in [-0.15, -0.1) is 0 Å². The molecule has 0 aliphatic heterocycles. The molecule has 2 aromatic heterocycles. The number of carbonyl (C=O) groups is 1. The minimum Gasteiger partial charge on any atom is -0.494 e. The van der Waals surface area contributed by atoms with Crippen molar-refractivity contribution >= 4 is 28.3 Å². The van der Waals surface area contributed by atoms with Gasteiger partial charge in [-0.3, -0.25) is 0 Å². The second-order valence-electron chi connectivity index (χ2n) is 7.41. The lowest BCUT2D eigenvalue weighted by atomic mass is 10.00. The zero-order valence-electron chi connectivity index (χ0n) is 17.7. The third kappa shape index (κ3) is 3.87. The first kappa shape index (κ1) is 20.3. The Balaban J connectivity index is 1.64. The van der Waals surface area contributed by atoms with Crippen LogP contribution in [0.1, 0.15) is 21.5 Å². The fraction of sp³-hybridized carbons (Fsp3) is 0.0385. The average molecular weight is 436 g/mol. The number of H-pyrrole nitrogens is 2. The van der Waals surface area contributed by atoms with E-state index in [0.29, 0.717) is 22.4 Å². The van der Waals surface area contributed by atoms with Crippen LogP contribution < -0.4 is 0 Å². The molecule has 162 valence electrons. The van der Waals surface area contributed by atoms with Crippen LogP contribution in [0.2, 0.25) is 0 Å². The fourth-order valence-corrected chi connectivity index (χ4v) is 3.77. The zero-order valence-corrected chi connectivity index (χ0v) is 17.7. The van der Waals surface area contributed by atoms with Gasteiger partial charge in [0.2, 0.25) is 0 Å². The van der Waals surface area contributed by atoms with Gasteiger partial charge < -0.3 is 19.8 Å². The molecule has 0 unspecified atom stereocenters. The normalized spacial score (nSPS) is 11.6. The van der Waals surface area contributed by atoms with Gasteiger partial charge in [0.15, 0.2) is 5.88 Å². The molecule has 0 saturated heterocycles. The molecular formula is C26H20N4O3. The van der Waals surface area contributed by atoms with Crippen molar-refractivity contribution in [1.29, 1.82) is 0 Å². The Bertz CT molecular complexity index is 1450. The minimum atomic E-state index is -0.443. The van der Waals surface area contributed by atoms with E-state index in [4.69, 9.17) is 9.73 Å². The summed E-state index contributed by atoms with van der Waals surface area (Å²) < 4.78 is 4.81. The summed E-state index contributed by atoms with van der Waals surface area (Å²) in [5, 5.41) is 11.6. The van der Waals surface area contributed by atoms with Crippen LogP contribution in [0.3, 0.4) is 0 Å². The van der Waals surface area contributed by atoms with E-state index in [1.807, 2.05) is 54.6 Å². The van der Waals surface area contributed by atoms with Gasteiger partial charge in [-0.2, -0.15) is 0 Å². The number of hydrogen-bond acceptors (Lipinski definition) is 5. The number of carbonyl (C=O) groups excluding carboxylic acids is 1.